The van der Waals surface area contributed by atoms with E-state index < -0.39 is 0 Å². The predicted octanol–water partition coefficient (Wildman–Crippen LogP) is 11.8. The average molecular weight is 887 g/mol. The summed E-state index contributed by atoms with van der Waals surface area (Å²) in [5.41, 5.74) is 18.4. The van der Waals surface area contributed by atoms with Crippen molar-refractivity contribution in [2.75, 3.05) is 0 Å². The number of aromatic nitrogens is 3. The summed E-state index contributed by atoms with van der Waals surface area (Å²) < 4.78 is 0. The van der Waals surface area contributed by atoms with Gasteiger partial charge in [-0.1, -0.05) is 90.7 Å². The van der Waals surface area contributed by atoms with Gasteiger partial charge in [-0.05, 0) is 95.4 Å². The third kappa shape index (κ3) is 9.12. The van der Waals surface area contributed by atoms with E-state index in [1.165, 1.54) is 50.1 Å². The van der Waals surface area contributed by atoms with Crippen molar-refractivity contribution in [3.05, 3.63) is 210 Å². The molecule has 8 rings (SSSR count). The van der Waals surface area contributed by atoms with Crippen molar-refractivity contribution in [1.82, 2.24) is 15.0 Å². The Morgan fingerprint density at radius 3 is 1.20 bits per heavy atom. The number of aryl methyl sites for hydroxylation is 6. The van der Waals surface area contributed by atoms with Gasteiger partial charge in [0, 0.05) is 18.6 Å². The van der Waals surface area contributed by atoms with E-state index >= 15 is 0 Å². The molecule has 0 bridgehead atoms. The van der Waals surface area contributed by atoms with Gasteiger partial charge in [-0.2, -0.15) is 0 Å². The van der Waals surface area contributed by atoms with Gasteiger partial charge in [0.15, 0.2) is 0 Å². The van der Waals surface area contributed by atoms with E-state index in [1.807, 2.05) is 73.2 Å². The third-order valence-corrected chi connectivity index (χ3v) is 10.1. The van der Waals surface area contributed by atoms with Crippen molar-refractivity contribution in [3.8, 4) is 56.0 Å². The first-order valence-electron chi connectivity index (χ1n) is 18.6. The fourth-order valence-corrected chi connectivity index (χ4v) is 6.94. The second-order valence-corrected chi connectivity index (χ2v) is 13.9. The van der Waals surface area contributed by atoms with E-state index in [0.29, 0.717) is 0 Å². The van der Waals surface area contributed by atoms with Crippen molar-refractivity contribution in [3.63, 3.8) is 0 Å². The summed E-state index contributed by atoms with van der Waals surface area (Å²) >= 11 is 0. The van der Waals surface area contributed by atoms with Gasteiger partial charge in [-0.15, -0.1) is 101 Å². The van der Waals surface area contributed by atoms with Gasteiger partial charge < -0.3 is 15.0 Å². The molecule has 0 amide bonds. The Morgan fingerprint density at radius 2 is 0.818 bits per heavy atom. The van der Waals surface area contributed by atoms with Crippen LogP contribution in [0.2, 0.25) is 0 Å². The van der Waals surface area contributed by atoms with E-state index in [2.05, 4.69) is 132 Å². The number of rotatable bonds is 11. The summed E-state index contributed by atoms with van der Waals surface area (Å²) in [5.74, 6) is 0. The van der Waals surface area contributed by atoms with Crippen LogP contribution in [0.5, 0.6) is 0 Å². The van der Waals surface area contributed by atoms with E-state index in [9.17, 15) is 0 Å². The van der Waals surface area contributed by atoms with Crippen LogP contribution in [0, 0.1) is 32.0 Å². The summed E-state index contributed by atoms with van der Waals surface area (Å²) in [5, 5.41) is 0. The second-order valence-electron chi connectivity index (χ2n) is 13.9. The summed E-state index contributed by atoms with van der Waals surface area (Å²) in [4.78, 5) is 13.5. The SMILES string of the molecule is Cc1cc(-c2c[c-]c(-c3ccccn3)cc2)c(-c2cc(CCc3c[c-]c(-c4ccccn4)cc3)cc(CCc3c[c-]c(-c4ccccn4)cc3)c2)cc1C.[Ir+3]. The molecule has 0 radical (unpaired) electrons. The molecule has 268 valence electrons. The molecule has 0 aliphatic rings. The molecule has 0 N–H and O–H groups in total. The van der Waals surface area contributed by atoms with Gasteiger partial charge in [-0.3, -0.25) is 0 Å². The van der Waals surface area contributed by atoms with Crippen molar-refractivity contribution in [2.24, 2.45) is 0 Å². The Labute approximate surface area is 338 Å². The smallest absolute Gasteiger partial charge is 0.305 e. The maximum atomic E-state index is 4.54. The molecule has 0 aliphatic heterocycles. The first-order valence-corrected chi connectivity index (χ1v) is 18.6. The zero-order valence-corrected chi connectivity index (χ0v) is 33.4. The van der Waals surface area contributed by atoms with Gasteiger partial charge in [-0.25, -0.2) is 0 Å². The molecule has 3 heterocycles. The molecule has 5 aromatic carbocycles. The molecule has 55 heavy (non-hydrogen) atoms. The molecule has 4 heteroatoms. The number of hydrogen-bond donors (Lipinski definition) is 0. The van der Waals surface area contributed by atoms with Gasteiger partial charge in [0.05, 0.1) is 0 Å². The molecule has 0 saturated heterocycles. The zero-order valence-electron chi connectivity index (χ0n) is 31.0. The van der Waals surface area contributed by atoms with Gasteiger partial charge in [0.1, 0.15) is 0 Å². The molecule has 3 aromatic heterocycles. The van der Waals surface area contributed by atoms with Crippen LogP contribution in [0.1, 0.15) is 33.4 Å². The van der Waals surface area contributed by atoms with Crippen LogP contribution in [0.15, 0.2) is 158 Å². The van der Waals surface area contributed by atoms with Gasteiger partial charge >= 0.3 is 20.1 Å². The molecule has 8 aromatic rings. The molecule has 0 unspecified atom stereocenters. The Morgan fingerprint density at radius 1 is 0.400 bits per heavy atom. The summed E-state index contributed by atoms with van der Waals surface area (Å²) in [7, 11) is 0. The fourth-order valence-electron chi connectivity index (χ4n) is 6.94. The Kier molecular flexibility index (Phi) is 12.0. The summed E-state index contributed by atoms with van der Waals surface area (Å²) in [6.07, 6.45) is 9.19. The largest absolute Gasteiger partial charge is 3.00 e. The first-order chi connectivity index (χ1) is 26.6. The molecule has 0 atom stereocenters. The van der Waals surface area contributed by atoms with E-state index in [-0.39, 0.29) is 20.1 Å². The molecule has 0 aliphatic carbocycles. The normalized spacial score (nSPS) is 10.9. The van der Waals surface area contributed by atoms with Gasteiger partial charge in [0.2, 0.25) is 0 Å². The van der Waals surface area contributed by atoms with Crippen LogP contribution in [0.25, 0.3) is 56.0 Å². The second kappa shape index (κ2) is 17.6. The van der Waals surface area contributed by atoms with Gasteiger partial charge in [0.25, 0.3) is 0 Å². The van der Waals surface area contributed by atoms with E-state index in [4.69, 9.17) is 0 Å². The van der Waals surface area contributed by atoms with E-state index in [1.54, 1.807) is 0 Å². The minimum absolute atomic E-state index is 0. The van der Waals surface area contributed by atoms with Crippen molar-refractivity contribution >= 4 is 0 Å². The minimum Gasteiger partial charge on any atom is -0.305 e. The van der Waals surface area contributed by atoms with Crippen molar-refractivity contribution in [2.45, 2.75) is 39.5 Å². The van der Waals surface area contributed by atoms with Crippen molar-refractivity contribution in [1.29, 1.82) is 0 Å². The maximum absolute atomic E-state index is 4.54. The molecule has 0 saturated carbocycles. The monoisotopic (exact) mass is 887 g/mol. The number of nitrogens with zero attached hydrogens (tertiary/aromatic N) is 3. The summed E-state index contributed by atoms with van der Waals surface area (Å²) in [6.45, 7) is 4.41. The maximum Gasteiger partial charge on any atom is 3.00 e. The van der Waals surface area contributed by atoms with Crippen LogP contribution < -0.4 is 0 Å². The fraction of sp³-hybridized carbons (Fsp3) is 0.118. The van der Waals surface area contributed by atoms with Crippen LogP contribution in [-0.2, 0) is 45.8 Å². The Bertz CT molecular complexity index is 2360. The summed E-state index contributed by atoms with van der Waals surface area (Å²) in [6, 6.07) is 59.6. The van der Waals surface area contributed by atoms with Crippen LogP contribution in [0.3, 0.4) is 0 Å². The molecular formula is C51H40IrN3. The predicted molar refractivity (Wildman–Crippen MR) is 221 cm³/mol. The topological polar surface area (TPSA) is 38.7 Å². The van der Waals surface area contributed by atoms with Crippen molar-refractivity contribution < 1.29 is 20.1 Å². The average Bonchev–Trinajstić information content (AvgIpc) is 3.24. The number of pyridine rings is 3. The first kappa shape index (κ1) is 37.5. The van der Waals surface area contributed by atoms with Crippen LogP contribution in [-0.4, -0.2) is 15.0 Å². The minimum atomic E-state index is 0. The number of hydrogen-bond acceptors (Lipinski definition) is 3. The molecule has 0 fully saturated rings. The van der Waals surface area contributed by atoms with E-state index in [0.717, 1.165) is 65.0 Å². The van der Waals surface area contributed by atoms with Crippen LogP contribution in [0.4, 0.5) is 0 Å². The number of benzene rings is 5. The molecular weight excluding hydrogens is 847 g/mol. The standard InChI is InChI=1S/C51H40N3.Ir/c1-36-31-47(42-24-26-45(27-25-42)51-11-5-8-30-54-51)48(32-37(36)2)46-34-40(14-12-38-16-20-43(21-17-38)49-9-3-6-28-52-49)33-41(35-46)15-13-39-18-22-44(23-19-39)50-10-4-7-29-53-50;/h3-11,16-20,22,24-26,28-35H,12-15H2,1-2H3;/q-3;+3. The van der Waals surface area contributed by atoms with Crippen LogP contribution >= 0.6 is 0 Å². The Hall–Kier alpha value is -5.80. The third-order valence-electron chi connectivity index (χ3n) is 10.1. The zero-order chi connectivity index (χ0) is 36.7. The Balaban J connectivity index is 0.00000465. The quantitative estimate of drug-likeness (QED) is 0.121. The molecule has 0 spiro atoms. The molecule has 3 nitrogen and oxygen atoms in total.